The standard InChI is InChI=1S/C13H10FNO3/c1-15-11-4-3-9(14)6-10(11)8(7-16)5-12(15)13(17)18-2/h3-6H,1-2H3. The lowest BCUT2D eigenvalue weighted by Crippen LogP contribution is -2.27. The fourth-order valence-electron chi connectivity index (χ4n) is 1.84. The smallest absolute Gasteiger partial charge is 0.354 e. The summed E-state index contributed by atoms with van der Waals surface area (Å²) in [5, 5.41) is 0. The molecule has 5 heteroatoms. The van der Waals surface area contributed by atoms with Crippen LogP contribution in [0.25, 0.3) is 5.57 Å². The number of halogens is 1. The number of rotatable bonds is 1. The van der Waals surface area contributed by atoms with Gasteiger partial charge < -0.3 is 9.64 Å². The van der Waals surface area contributed by atoms with Crippen molar-refractivity contribution in [2.75, 3.05) is 19.1 Å². The quantitative estimate of drug-likeness (QED) is 0.558. The predicted molar refractivity (Wildman–Crippen MR) is 64.0 cm³/mol. The molecule has 1 aliphatic rings. The zero-order valence-corrected chi connectivity index (χ0v) is 9.86. The Balaban J connectivity index is 2.63. The topological polar surface area (TPSA) is 46.6 Å². The van der Waals surface area contributed by atoms with Gasteiger partial charge in [0.25, 0.3) is 0 Å². The Kier molecular flexibility index (Phi) is 3.00. The van der Waals surface area contributed by atoms with Crippen LogP contribution in [0, 0.1) is 5.82 Å². The van der Waals surface area contributed by atoms with E-state index in [1.165, 1.54) is 31.4 Å². The van der Waals surface area contributed by atoms with Crippen molar-refractivity contribution in [1.82, 2.24) is 0 Å². The molecule has 0 saturated carbocycles. The van der Waals surface area contributed by atoms with E-state index in [0.717, 1.165) is 0 Å². The minimum absolute atomic E-state index is 0.128. The maximum atomic E-state index is 13.2. The maximum Gasteiger partial charge on any atom is 0.354 e. The number of hydrogen-bond acceptors (Lipinski definition) is 4. The molecule has 1 aromatic carbocycles. The normalized spacial score (nSPS) is 13.6. The molecular formula is C13H10FNO3. The number of nitrogens with zero attached hydrogens (tertiary/aromatic N) is 1. The number of methoxy groups -OCH3 is 1. The highest BCUT2D eigenvalue weighted by Gasteiger charge is 2.25. The molecule has 0 aromatic heterocycles. The number of likely N-dealkylation sites (N-methyl/N-ethyl adjacent to an activating group) is 1. The molecule has 0 bridgehead atoms. The van der Waals surface area contributed by atoms with Crippen LogP contribution in [0.4, 0.5) is 10.1 Å². The molecule has 0 fully saturated rings. The van der Waals surface area contributed by atoms with Crippen LogP contribution in [0.5, 0.6) is 0 Å². The summed E-state index contributed by atoms with van der Waals surface area (Å²) in [6, 6.07) is 3.99. The summed E-state index contributed by atoms with van der Waals surface area (Å²) in [7, 11) is 2.89. The monoisotopic (exact) mass is 247 g/mol. The zero-order chi connectivity index (χ0) is 13.3. The minimum atomic E-state index is -0.569. The van der Waals surface area contributed by atoms with Crippen molar-refractivity contribution >= 4 is 23.2 Å². The molecular weight excluding hydrogens is 237 g/mol. The summed E-state index contributed by atoms with van der Waals surface area (Å²) < 4.78 is 17.8. The minimum Gasteiger partial charge on any atom is -0.464 e. The molecule has 0 atom stereocenters. The molecule has 0 unspecified atom stereocenters. The van der Waals surface area contributed by atoms with Crippen molar-refractivity contribution in [3.8, 4) is 0 Å². The van der Waals surface area contributed by atoms with Crippen molar-refractivity contribution in [1.29, 1.82) is 0 Å². The summed E-state index contributed by atoms with van der Waals surface area (Å²) in [5.74, 6) is 0.683. The van der Waals surface area contributed by atoms with Crippen LogP contribution in [0.15, 0.2) is 30.0 Å². The number of ether oxygens (including phenoxy) is 1. The van der Waals surface area contributed by atoms with Gasteiger partial charge in [0, 0.05) is 18.3 Å². The largest absolute Gasteiger partial charge is 0.464 e. The van der Waals surface area contributed by atoms with Crippen LogP contribution in [0.1, 0.15) is 5.56 Å². The number of esters is 1. The lowest BCUT2D eigenvalue weighted by Gasteiger charge is -2.27. The summed E-state index contributed by atoms with van der Waals surface area (Å²) in [4.78, 5) is 24.0. The van der Waals surface area contributed by atoms with Gasteiger partial charge in [0.2, 0.25) is 0 Å². The molecule has 1 aromatic rings. The van der Waals surface area contributed by atoms with Gasteiger partial charge in [-0.2, -0.15) is 0 Å². The van der Waals surface area contributed by atoms with Crippen LogP contribution in [0.3, 0.4) is 0 Å². The van der Waals surface area contributed by atoms with E-state index in [-0.39, 0.29) is 11.3 Å². The number of carbonyl (C=O) groups is 1. The van der Waals surface area contributed by atoms with Gasteiger partial charge in [-0.3, -0.25) is 0 Å². The number of fused-ring (bicyclic) bond motifs is 1. The average Bonchev–Trinajstić information content (AvgIpc) is 2.38. The molecule has 18 heavy (non-hydrogen) atoms. The predicted octanol–water partition coefficient (Wildman–Crippen LogP) is 1.55. The number of carbonyl (C=O) groups excluding carboxylic acids is 2. The van der Waals surface area contributed by atoms with Gasteiger partial charge >= 0.3 is 5.97 Å². The van der Waals surface area contributed by atoms with Crippen LogP contribution < -0.4 is 4.90 Å². The second-order valence-corrected chi connectivity index (χ2v) is 3.76. The van der Waals surface area contributed by atoms with Gasteiger partial charge in [-0.15, -0.1) is 0 Å². The maximum absolute atomic E-state index is 13.2. The molecule has 0 amide bonds. The Hall–Kier alpha value is -2.39. The van der Waals surface area contributed by atoms with Gasteiger partial charge in [-0.05, 0) is 24.3 Å². The molecule has 0 spiro atoms. The highest BCUT2D eigenvalue weighted by atomic mass is 19.1. The van der Waals surface area contributed by atoms with Crippen molar-refractivity contribution in [2.24, 2.45) is 0 Å². The summed E-state index contributed by atoms with van der Waals surface area (Å²) in [5.41, 5.74) is 1.29. The molecule has 0 saturated heterocycles. The first-order chi connectivity index (χ1) is 8.58. The van der Waals surface area contributed by atoms with Gasteiger partial charge in [-0.25, -0.2) is 14.0 Å². The average molecular weight is 247 g/mol. The second-order valence-electron chi connectivity index (χ2n) is 3.76. The Bertz CT molecular complexity index is 600. The lowest BCUT2D eigenvalue weighted by atomic mass is 9.99. The summed E-state index contributed by atoms with van der Waals surface area (Å²) in [6.07, 6.45) is 1.33. The highest BCUT2D eigenvalue weighted by molar-refractivity contribution is 6.06. The third-order valence-electron chi connectivity index (χ3n) is 2.76. The molecule has 0 radical (unpaired) electrons. The lowest BCUT2D eigenvalue weighted by molar-refractivity contribution is -0.136. The molecule has 1 heterocycles. The van der Waals surface area contributed by atoms with Gasteiger partial charge in [-0.1, -0.05) is 0 Å². The third kappa shape index (κ3) is 1.81. The van der Waals surface area contributed by atoms with Crippen LogP contribution in [-0.2, 0) is 14.3 Å². The fraction of sp³-hybridized carbons (Fsp3) is 0.154. The highest BCUT2D eigenvalue weighted by Crippen LogP contribution is 2.34. The van der Waals surface area contributed by atoms with E-state index in [1.54, 1.807) is 17.9 Å². The third-order valence-corrected chi connectivity index (χ3v) is 2.76. The van der Waals surface area contributed by atoms with E-state index < -0.39 is 11.8 Å². The second kappa shape index (κ2) is 4.47. The first-order valence-corrected chi connectivity index (χ1v) is 5.17. The molecule has 2 rings (SSSR count). The van der Waals surface area contributed by atoms with Gasteiger partial charge in [0.15, 0.2) is 0 Å². The van der Waals surface area contributed by atoms with Gasteiger partial charge in [0.05, 0.1) is 12.7 Å². The summed E-state index contributed by atoms with van der Waals surface area (Å²) in [6.45, 7) is 0. The zero-order valence-electron chi connectivity index (χ0n) is 9.86. The number of allylic oxidation sites excluding steroid dienone is 2. The van der Waals surface area contributed by atoms with Crippen LogP contribution in [0.2, 0.25) is 0 Å². The summed E-state index contributed by atoms with van der Waals surface area (Å²) >= 11 is 0. The van der Waals surface area contributed by atoms with Crippen LogP contribution >= 0.6 is 0 Å². The van der Waals surface area contributed by atoms with Crippen molar-refractivity contribution in [2.45, 2.75) is 0 Å². The number of hydrogen-bond donors (Lipinski definition) is 0. The Labute approximate surface area is 103 Å². The fourth-order valence-corrected chi connectivity index (χ4v) is 1.84. The van der Waals surface area contributed by atoms with Crippen molar-refractivity contribution < 1.29 is 18.7 Å². The molecule has 1 aliphatic heterocycles. The number of benzene rings is 1. The first kappa shape index (κ1) is 12.1. The SMILES string of the molecule is COC(=O)C1=CC(=C=O)c2cc(F)ccc2N1C. The van der Waals surface area contributed by atoms with Gasteiger partial charge in [0.1, 0.15) is 17.5 Å². The van der Waals surface area contributed by atoms with E-state index >= 15 is 0 Å². The van der Waals surface area contributed by atoms with Crippen molar-refractivity contribution in [3.63, 3.8) is 0 Å². The van der Waals surface area contributed by atoms with Crippen molar-refractivity contribution in [3.05, 3.63) is 41.4 Å². The van der Waals surface area contributed by atoms with E-state index in [1.807, 2.05) is 0 Å². The Morgan fingerprint density at radius 1 is 1.44 bits per heavy atom. The molecule has 0 N–H and O–H groups in total. The Morgan fingerprint density at radius 2 is 2.17 bits per heavy atom. The Morgan fingerprint density at radius 3 is 2.78 bits per heavy atom. The number of anilines is 1. The van der Waals surface area contributed by atoms with E-state index in [9.17, 15) is 14.0 Å². The van der Waals surface area contributed by atoms with E-state index in [0.29, 0.717) is 11.3 Å². The molecule has 92 valence electrons. The molecule has 0 aliphatic carbocycles. The molecule has 4 nitrogen and oxygen atoms in total. The van der Waals surface area contributed by atoms with E-state index in [2.05, 4.69) is 4.74 Å². The van der Waals surface area contributed by atoms with Crippen LogP contribution in [-0.4, -0.2) is 26.1 Å². The first-order valence-electron chi connectivity index (χ1n) is 5.17. The van der Waals surface area contributed by atoms with E-state index in [4.69, 9.17) is 0 Å².